The summed E-state index contributed by atoms with van der Waals surface area (Å²) in [6.07, 6.45) is -1.06. The van der Waals surface area contributed by atoms with E-state index in [0.717, 1.165) is 6.07 Å². The molecule has 1 heterocycles. The second-order valence-corrected chi connectivity index (χ2v) is 4.64. The van der Waals surface area contributed by atoms with Crippen LogP contribution in [0.15, 0.2) is 40.8 Å². The summed E-state index contributed by atoms with van der Waals surface area (Å²) in [6.45, 7) is 1.55. The summed E-state index contributed by atoms with van der Waals surface area (Å²) in [6, 6.07) is 8.43. The van der Waals surface area contributed by atoms with Crippen LogP contribution in [0.4, 0.5) is 10.1 Å². The Labute approximate surface area is 125 Å². The van der Waals surface area contributed by atoms with Crippen LogP contribution in [0.2, 0.25) is 0 Å². The van der Waals surface area contributed by atoms with Gasteiger partial charge in [0.15, 0.2) is 0 Å². The Bertz CT molecular complexity index is 684. The number of halogens is 1. The number of aryl methyl sites for hydroxylation is 1. The second-order valence-electron chi connectivity index (χ2n) is 4.64. The fraction of sp³-hybridized carbons (Fsp3) is 0.200. The Morgan fingerprint density at radius 3 is 2.68 bits per heavy atom. The van der Waals surface area contributed by atoms with Gasteiger partial charge in [-0.1, -0.05) is 6.07 Å². The van der Waals surface area contributed by atoms with E-state index in [-0.39, 0.29) is 12.2 Å². The largest absolute Gasteiger partial charge is 0.464 e. The lowest BCUT2D eigenvalue weighted by molar-refractivity contribution is -0.136. The van der Waals surface area contributed by atoms with Crippen molar-refractivity contribution in [1.29, 1.82) is 0 Å². The van der Waals surface area contributed by atoms with E-state index >= 15 is 0 Å². The molecule has 0 saturated carbocycles. The number of nitrogens with one attached hydrogen (secondary N) is 2. The molecule has 22 heavy (non-hydrogen) atoms. The number of rotatable bonds is 4. The van der Waals surface area contributed by atoms with E-state index in [9.17, 15) is 19.1 Å². The van der Waals surface area contributed by atoms with Crippen molar-refractivity contribution in [2.45, 2.75) is 13.0 Å². The van der Waals surface area contributed by atoms with Crippen LogP contribution in [-0.2, 0) is 9.59 Å². The minimum Gasteiger partial charge on any atom is -0.464 e. The van der Waals surface area contributed by atoms with Crippen LogP contribution >= 0.6 is 0 Å². The zero-order chi connectivity index (χ0) is 16.1. The third-order valence-corrected chi connectivity index (χ3v) is 2.83. The van der Waals surface area contributed by atoms with E-state index in [1.165, 1.54) is 18.2 Å². The van der Waals surface area contributed by atoms with Crippen LogP contribution in [0.3, 0.4) is 0 Å². The third kappa shape index (κ3) is 4.16. The zero-order valence-corrected chi connectivity index (χ0v) is 11.8. The zero-order valence-electron chi connectivity index (χ0n) is 11.8. The van der Waals surface area contributed by atoms with Gasteiger partial charge in [-0.15, -0.1) is 0 Å². The van der Waals surface area contributed by atoms with Crippen LogP contribution in [0, 0.1) is 12.7 Å². The second kappa shape index (κ2) is 6.86. The third-order valence-electron chi connectivity index (χ3n) is 2.83. The Morgan fingerprint density at radius 1 is 1.27 bits per heavy atom. The summed E-state index contributed by atoms with van der Waals surface area (Å²) in [5, 5.41) is 14.3. The van der Waals surface area contributed by atoms with Crippen LogP contribution < -0.4 is 10.6 Å². The molecule has 0 aliphatic carbocycles. The molecule has 0 aliphatic rings. The van der Waals surface area contributed by atoms with Gasteiger partial charge in [0.05, 0.1) is 6.54 Å². The highest BCUT2D eigenvalue weighted by atomic mass is 19.1. The predicted octanol–water partition coefficient (Wildman–Crippen LogP) is 1.52. The lowest BCUT2D eigenvalue weighted by atomic mass is 10.2. The summed E-state index contributed by atoms with van der Waals surface area (Å²) >= 11 is 0. The molecule has 1 unspecified atom stereocenters. The van der Waals surface area contributed by atoms with Gasteiger partial charge in [-0.05, 0) is 37.3 Å². The van der Waals surface area contributed by atoms with Gasteiger partial charge < -0.3 is 20.2 Å². The Morgan fingerprint density at radius 2 is 2.05 bits per heavy atom. The summed E-state index contributed by atoms with van der Waals surface area (Å²) < 4.78 is 18.2. The fourth-order valence-electron chi connectivity index (χ4n) is 1.76. The minimum atomic E-state index is -1.06. The number of furan rings is 1. The van der Waals surface area contributed by atoms with Crippen molar-refractivity contribution >= 4 is 17.5 Å². The molecular formula is C15H15FN2O4. The van der Waals surface area contributed by atoms with Gasteiger partial charge in [0.1, 0.15) is 23.4 Å². The Balaban J connectivity index is 1.85. The van der Waals surface area contributed by atoms with Crippen molar-refractivity contribution in [3.8, 4) is 0 Å². The lowest BCUT2D eigenvalue weighted by Crippen LogP contribution is -2.37. The quantitative estimate of drug-likeness (QED) is 0.747. The monoisotopic (exact) mass is 306 g/mol. The maximum absolute atomic E-state index is 13.0. The van der Waals surface area contributed by atoms with E-state index in [0.29, 0.717) is 11.5 Å². The number of hydrogen-bond acceptors (Lipinski definition) is 4. The summed E-state index contributed by atoms with van der Waals surface area (Å²) in [5.74, 6) is -1.49. The van der Waals surface area contributed by atoms with Gasteiger partial charge in [-0.2, -0.15) is 0 Å². The molecule has 0 saturated heterocycles. The maximum Gasteiger partial charge on any atom is 0.313 e. The van der Waals surface area contributed by atoms with Gasteiger partial charge in [0, 0.05) is 5.69 Å². The van der Waals surface area contributed by atoms with Crippen molar-refractivity contribution < 1.29 is 23.5 Å². The highest BCUT2D eigenvalue weighted by Gasteiger charge is 2.17. The summed E-state index contributed by atoms with van der Waals surface area (Å²) in [7, 11) is 0. The highest BCUT2D eigenvalue weighted by Crippen LogP contribution is 2.15. The van der Waals surface area contributed by atoms with Gasteiger partial charge in [-0.3, -0.25) is 9.59 Å². The van der Waals surface area contributed by atoms with Crippen molar-refractivity contribution in [2.24, 2.45) is 0 Å². The number of aliphatic hydroxyl groups excluding tert-OH is 1. The topological polar surface area (TPSA) is 91.6 Å². The molecule has 116 valence electrons. The summed E-state index contributed by atoms with van der Waals surface area (Å²) in [5.41, 5.74) is 0.169. The molecule has 0 radical (unpaired) electrons. The standard InChI is InChI=1S/C15H15FN2O4/c1-9-5-6-13(22-9)12(19)8-17-14(20)15(21)18-11-4-2-3-10(16)7-11/h2-7,12,19H,8H2,1H3,(H,17,20)(H,18,21). The van der Waals surface area contributed by atoms with E-state index in [1.54, 1.807) is 19.1 Å². The predicted molar refractivity (Wildman–Crippen MR) is 76.4 cm³/mol. The van der Waals surface area contributed by atoms with Gasteiger partial charge in [0.2, 0.25) is 0 Å². The molecule has 3 N–H and O–H groups in total. The molecule has 1 aromatic carbocycles. The molecule has 0 fully saturated rings. The molecule has 1 atom stereocenters. The van der Waals surface area contributed by atoms with Crippen molar-refractivity contribution in [2.75, 3.05) is 11.9 Å². The van der Waals surface area contributed by atoms with E-state index in [1.807, 2.05) is 0 Å². The lowest BCUT2D eigenvalue weighted by Gasteiger charge is -2.10. The molecule has 2 aromatic rings. The SMILES string of the molecule is Cc1ccc(C(O)CNC(=O)C(=O)Nc2cccc(F)c2)o1. The van der Waals surface area contributed by atoms with E-state index < -0.39 is 23.7 Å². The molecular weight excluding hydrogens is 291 g/mol. The van der Waals surface area contributed by atoms with Crippen LogP contribution in [0.25, 0.3) is 0 Å². The number of benzene rings is 1. The molecule has 0 aliphatic heterocycles. The first-order chi connectivity index (χ1) is 10.5. The first-order valence-electron chi connectivity index (χ1n) is 6.55. The molecule has 6 nitrogen and oxygen atoms in total. The molecule has 2 rings (SSSR count). The number of aliphatic hydroxyl groups is 1. The number of hydrogen-bond donors (Lipinski definition) is 3. The Hall–Kier alpha value is -2.67. The van der Waals surface area contributed by atoms with Gasteiger partial charge in [-0.25, -0.2) is 4.39 Å². The maximum atomic E-state index is 13.0. The van der Waals surface area contributed by atoms with Gasteiger partial charge >= 0.3 is 11.8 Å². The fourth-order valence-corrected chi connectivity index (χ4v) is 1.76. The van der Waals surface area contributed by atoms with Crippen molar-refractivity contribution in [1.82, 2.24) is 5.32 Å². The molecule has 0 bridgehead atoms. The van der Waals surface area contributed by atoms with Crippen molar-refractivity contribution in [3.05, 3.63) is 53.7 Å². The van der Waals surface area contributed by atoms with Crippen molar-refractivity contribution in [3.63, 3.8) is 0 Å². The van der Waals surface area contributed by atoms with Crippen LogP contribution in [-0.4, -0.2) is 23.5 Å². The van der Waals surface area contributed by atoms with E-state index in [2.05, 4.69) is 10.6 Å². The van der Waals surface area contributed by atoms with E-state index in [4.69, 9.17) is 4.42 Å². The minimum absolute atomic E-state index is 0.169. The normalized spacial score (nSPS) is 11.8. The highest BCUT2D eigenvalue weighted by molar-refractivity contribution is 6.39. The molecule has 0 spiro atoms. The van der Waals surface area contributed by atoms with Gasteiger partial charge in [0.25, 0.3) is 0 Å². The smallest absolute Gasteiger partial charge is 0.313 e. The number of amides is 2. The Kier molecular flexibility index (Phi) is 4.90. The van der Waals surface area contributed by atoms with Crippen LogP contribution in [0.5, 0.6) is 0 Å². The average molecular weight is 306 g/mol. The number of carbonyl (C=O) groups excluding carboxylic acids is 2. The average Bonchev–Trinajstić information content (AvgIpc) is 2.91. The van der Waals surface area contributed by atoms with Crippen LogP contribution in [0.1, 0.15) is 17.6 Å². The first-order valence-corrected chi connectivity index (χ1v) is 6.55. The number of carbonyl (C=O) groups is 2. The molecule has 1 aromatic heterocycles. The molecule has 7 heteroatoms. The number of anilines is 1. The summed E-state index contributed by atoms with van der Waals surface area (Å²) in [4.78, 5) is 23.2. The molecule has 2 amide bonds. The first kappa shape index (κ1) is 15.7.